The van der Waals surface area contributed by atoms with E-state index in [2.05, 4.69) is 38.8 Å². The van der Waals surface area contributed by atoms with Gasteiger partial charge in [-0.2, -0.15) is 0 Å². The number of nitrogens with zero attached hydrogens (tertiary/aromatic N) is 1. The maximum Gasteiger partial charge on any atom is 0.289 e. The summed E-state index contributed by atoms with van der Waals surface area (Å²) in [7, 11) is 0. The van der Waals surface area contributed by atoms with Crippen LogP contribution in [0.3, 0.4) is 0 Å². The summed E-state index contributed by atoms with van der Waals surface area (Å²) >= 11 is 6.82. The van der Waals surface area contributed by atoms with Crippen LogP contribution in [0, 0.1) is 5.92 Å². The highest BCUT2D eigenvalue weighted by molar-refractivity contribution is 9.10. The fraction of sp³-hybridized carbons (Fsp3) is 0.545. The first kappa shape index (κ1) is 12.2. The molecule has 1 fully saturated rings. The number of rotatable bonds is 1. The van der Waals surface area contributed by atoms with E-state index in [-0.39, 0.29) is 5.91 Å². The molecule has 1 aliphatic rings. The van der Waals surface area contributed by atoms with Gasteiger partial charge in [-0.15, -0.1) is 0 Å². The monoisotopic (exact) mass is 349 g/mol. The Morgan fingerprint density at radius 2 is 2.31 bits per heavy atom. The molecule has 0 spiro atoms. The maximum absolute atomic E-state index is 12.1. The van der Waals surface area contributed by atoms with Gasteiger partial charge in [0.15, 0.2) is 10.4 Å². The number of halogens is 2. The van der Waals surface area contributed by atoms with Crippen molar-refractivity contribution in [2.24, 2.45) is 5.92 Å². The summed E-state index contributed by atoms with van der Waals surface area (Å²) in [6.07, 6.45) is 0.995. The number of hydrogen-bond acceptors (Lipinski definition) is 2. The number of amides is 1. The van der Waals surface area contributed by atoms with Crippen molar-refractivity contribution in [3.63, 3.8) is 0 Å². The Morgan fingerprint density at radius 3 is 2.88 bits per heavy atom. The van der Waals surface area contributed by atoms with Crippen LogP contribution in [-0.2, 0) is 0 Å². The number of carbonyl (C=O) groups excluding carboxylic acids is 1. The van der Waals surface area contributed by atoms with Gasteiger partial charge in [0.1, 0.15) is 0 Å². The molecular formula is C11H13Br2NO2. The van der Waals surface area contributed by atoms with Crippen molar-refractivity contribution in [1.29, 1.82) is 0 Å². The summed E-state index contributed by atoms with van der Waals surface area (Å²) < 4.78 is 5.87. The number of piperidine rings is 1. The number of likely N-dealkylation sites (tertiary alicyclic amines) is 1. The molecule has 16 heavy (non-hydrogen) atoms. The normalized spacial score (nSPS) is 25.8. The second kappa shape index (κ2) is 4.92. The Labute approximate surface area is 111 Å². The average molecular weight is 351 g/mol. The van der Waals surface area contributed by atoms with Crippen LogP contribution in [0.2, 0.25) is 0 Å². The first-order valence-corrected chi connectivity index (χ1v) is 6.97. The van der Waals surface area contributed by atoms with Gasteiger partial charge in [0, 0.05) is 17.9 Å². The predicted molar refractivity (Wildman–Crippen MR) is 68.8 cm³/mol. The highest BCUT2D eigenvalue weighted by Gasteiger charge is 2.28. The second-order valence-corrected chi connectivity index (χ2v) is 6.09. The summed E-state index contributed by atoms with van der Waals surface area (Å²) in [5.41, 5.74) is 0. The first-order chi connectivity index (χ1) is 7.58. The van der Waals surface area contributed by atoms with Gasteiger partial charge in [-0.25, -0.2) is 0 Å². The molecule has 1 aromatic heterocycles. The van der Waals surface area contributed by atoms with Gasteiger partial charge in [-0.05, 0) is 40.4 Å². The Kier molecular flexibility index (Phi) is 3.74. The van der Waals surface area contributed by atoms with Crippen LogP contribution in [0.15, 0.2) is 21.2 Å². The van der Waals surface area contributed by atoms with Crippen molar-refractivity contribution < 1.29 is 9.21 Å². The van der Waals surface area contributed by atoms with E-state index in [0.717, 1.165) is 19.5 Å². The van der Waals surface area contributed by atoms with Crippen LogP contribution in [0.25, 0.3) is 0 Å². The molecule has 0 bridgehead atoms. The quantitative estimate of drug-likeness (QED) is 0.728. The summed E-state index contributed by atoms with van der Waals surface area (Å²) in [5.74, 6) is 0.875. The average Bonchev–Trinajstić information content (AvgIpc) is 2.68. The standard InChI is InChI=1S/C11H13Br2NO2/c1-7-6-14(5-4-8(7)12)11(15)9-2-3-10(13)16-9/h2-3,7-8H,4-6H2,1H3. The zero-order chi connectivity index (χ0) is 11.7. The smallest absolute Gasteiger partial charge is 0.289 e. The van der Waals surface area contributed by atoms with Crippen molar-refractivity contribution in [2.75, 3.05) is 13.1 Å². The molecule has 0 aromatic carbocycles. The van der Waals surface area contributed by atoms with Gasteiger partial charge in [0.25, 0.3) is 5.91 Å². The molecule has 1 amide bonds. The van der Waals surface area contributed by atoms with Crippen molar-refractivity contribution in [3.8, 4) is 0 Å². The van der Waals surface area contributed by atoms with E-state index in [9.17, 15) is 4.79 Å². The fourth-order valence-electron chi connectivity index (χ4n) is 1.89. The Balaban J connectivity index is 2.06. The molecule has 2 heterocycles. The van der Waals surface area contributed by atoms with E-state index in [1.54, 1.807) is 12.1 Å². The lowest BCUT2D eigenvalue weighted by Crippen LogP contribution is -2.43. The van der Waals surface area contributed by atoms with E-state index in [0.29, 0.717) is 21.2 Å². The number of alkyl halides is 1. The third-order valence-electron chi connectivity index (χ3n) is 2.87. The van der Waals surface area contributed by atoms with Gasteiger partial charge in [0.2, 0.25) is 0 Å². The number of hydrogen-bond donors (Lipinski definition) is 0. The van der Waals surface area contributed by atoms with Crippen LogP contribution in [0.5, 0.6) is 0 Å². The van der Waals surface area contributed by atoms with Crippen LogP contribution in [0.4, 0.5) is 0 Å². The Bertz CT molecular complexity index is 391. The van der Waals surface area contributed by atoms with Crippen molar-refractivity contribution >= 4 is 37.8 Å². The molecule has 2 atom stereocenters. The maximum atomic E-state index is 12.1. The Hall–Kier alpha value is -0.290. The topological polar surface area (TPSA) is 33.5 Å². The molecule has 0 aliphatic carbocycles. The predicted octanol–water partition coefficient (Wildman–Crippen LogP) is 3.29. The molecule has 0 radical (unpaired) electrons. The van der Waals surface area contributed by atoms with Crippen molar-refractivity contribution in [2.45, 2.75) is 18.2 Å². The summed E-state index contributed by atoms with van der Waals surface area (Å²) in [6, 6.07) is 3.45. The summed E-state index contributed by atoms with van der Waals surface area (Å²) in [4.78, 5) is 14.4. The third-order valence-corrected chi connectivity index (χ3v) is 4.66. The lowest BCUT2D eigenvalue weighted by atomic mass is 10.00. The first-order valence-electron chi connectivity index (χ1n) is 5.26. The molecule has 1 aliphatic heterocycles. The molecule has 2 unspecified atom stereocenters. The molecule has 2 rings (SSSR count). The van der Waals surface area contributed by atoms with E-state index < -0.39 is 0 Å². The van der Waals surface area contributed by atoms with Gasteiger partial charge >= 0.3 is 0 Å². The molecule has 0 saturated carbocycles. The van der Waals surface area contributed by atoms with Crippen molar-refractivity contribution in [3.05, 3.63) is 22.6 Å². The molecule has 3 nitrogen and oxygen atoms in total. The lowest BCUT2D eigenvalue weighted by molar-refractivity contribution is 0.0657. The summed E-state index contributed by atoms with van der Waals surface area (Å²) in [6.45, 7) is 3.72. The van der Waals surface area contributed by atoms with E-state index in [1.165, 1.54) is 0 Å². The molecular weight excluding hydrogens is 338 g/mol. The largest absolute Gasteiger partial charge is 0.444 e. The highest BCUT2D eigenvalue weighted by Crippen LogP contribution is 2.25. The van der Waals surface area contributed by atoms with Gasteiger partial charge in [-0.3, -0.25) is 4.79 Å². The minimum atomic E-state index is -0.0167. The fourth-order valence-corrected chi connectivity index (χ4v) is 2.56. The molecule has 0 N–H and O–H groups in total. The Morgan fingerprint density at radius 1 is 1.56 bits per heavy atom. The van der Waals surface area contributed by atoms with Crippen LogP contribution >= 0.6 is 31.9 Å². The zero-order valence-electron chi connectivity index (χ0n) is 8.95. The second-order valence-electron chi connectivity index (χ2n) is 4.14. The van der Waals surface area contributed by atoms with Crippen molar-refractivity contribution in [1.82, 2.24) is 4.90 Å². The molecule has 5 heteroatoms. The number of furan rings is 1. The van der Waals surface area contributed by atoms with Crippen LogP contribution in [-0.4, -0.2) is 28.7 Å². The zero-order valence-corrected chi connectivity index (χ0v) is 12.1. The molecule has 1 aromatic rings. The third kappa shape index (κ3) is 2.51. The van der Waals surface area contributed by atoms with E-state index in [1.807, 2.05) is 4.90 Å². The van der Waals surface area contributed by atoms with Crippen LogP contribution < -0.4 is 0 Å². The van der Waals surface area contributed by atoms with E-state index in [4.69, 9.17) is 4.42 Å². The molecule has 1 saturated heterocycles. The van der Waals surface area contributed by atoms with Gasteiger partial charge < -0.3 is 9.32 Å². The van der Waals surface area contributed by atoms with Gasteiger partial charge in [-0.1, -0.05) is 22.9 Å². The SMILES string of the molecule is CC1CN(C(=O)c2ccc(Br)o2)CCC1Br. The number of carbonyl (C=O) groups is 1. The highest BCUT2D eigenvalue weighted by atomic mass is 79.9. The minimum Gasteiger partial charge on any atom is -0.444 e. The summed E-state index contributed by atoms with van der Waals surface area (Å²) in [5, 5.41) is 0. The van der Waals surface area contributed by atoms with Gasteiger partial charge in [0.05, 0.1) is 0 Å². The minimum absolute atomic E-state index is 0.0167. The van der Waals surface area contributed by atoms with Crippen LogP contribution in [0.1, 0.15) is 23.9 Å². The van der Waals surface area contributed by atoms with E-state index >= 15 is 0 Å². The lowest BCUT2D eigenvalue weighted by Gasteiger charge is -2.33. The molecule has 88 valence electrons.